The standard InChI is InChI=1S/C25H24ClNO3/c1-16-7-4-5-10-20(16)25(28)27-12-11-17-14-22(29-2)23(30-3)15-21(17)24(27)18-8-6-9-19(26)13-18/h4-10,13-15,24H,11-12H2,1-3H3. The summed E-state index contributed by atoms with van der Waals surface area (Å²) >= 11 is 6.32. The van der Waals surface area contributed by atoms with Crippen LogP contribution in [0, 0.1) is 6.92 Å². The van der Waals surface area contributed by atoms with Gasteiger partial charge in [-0.2, -0.15) is 0 Å². The van der Waals surface area contributed by atoms with E-state index in [1.165, 1.54) is 0 Å². The van der Waals surface area contributed by atoms with Crippen LogP contribution >= 0.6 is 11.6 Å². The first-order valence-electron chi connectivity index (χ1n) is 9.90. The highest BCUT2D eigenvalue weighted by Crippen LogP contribution is 2.42. The molecule has 1 aliphatic heterocycles. The summed E-state index contributed by atoms with van der Waals surface area (Å²) < 4.78 is 11.1. The first-order valence-corrected chi connectivity index (χ1v) is 10.3. The fraction of sp³-hybridized carbons (Fsp3) is 0.240. The summed E-state index contributed by atoms with van der Waals surface area (Å²) in [6.07, 6.45) is 0.740. The van der Waals surface area contributed by atoms with E-state index in [2.05, 4.69) is 0 Å². The SMILES string of the molecule is COc1cc2c(cc1OC)C(c1cccc(Cl)c1)N(C(=O)c1ccccc1C)CC2. The Balaban J connectivity index is 1.88. The number of rotatable bonds is 4. The van der Waals surface area contributed by atoms with Crippen molar-refractivity contribution in [3.8, 4) is 11.5 Å². The average Bonchev–Trinajstić information content (AvgIpc) is 2.77. The number of carbonyl (C=O) groups is 1. The van der Waals surface area contributed by atoms with Crippen molar-refractivity contribution in [1.82, 2.24) is 4.90 Å². The number of aryl methyl sites for hydroxylation is 1. The molecule has 0 saturated carbocycles. The molecule has 1 heterocycles. The second kappa shape index (κ2) is 8.41. The summed E-state index contributed by atoms with van der Waals surface area (Å²) in [6.45, 7) is 2.57. The highest BCUT2D eigenvalue weighted by molar-refractivity contribution is 6.30. The van der Waals surface area contributed by atoms with Gasteiger partial charge in [-0.1, -0.05) is 41.9 Å². The lowest BCUT2D eigenvalue weighted by Gasteiger charge is -2.38. The molecule has 4 rings (SSSR count). The van der Waals surface area contributed by atoms with Gasteiger partial charge in [-0.15, -0.1) is 0 Å². The van der Waals surface area contributed by atoms with Gasteiger partial charge >= 0.3 is 0 Å². The molecule has 1 amide bonds. The number of nitrogens with zero attached hydrogens (tertiary/aromatic N) is 1. The monoisotopic (exact) mass is 421 g/mol. The average molecular weight is 422 g/mol. The molecule has 4 nitrogen and oxygen atoms in total. The number of methoxy groups -OCH3 is 2. The molecule has 30 heavy (non-hydrogen) atoms. The quantitative estimate of drug-likeness (QED) is 0.562. The number of amides is 1. The van der Waals surface area contributed by atoms with Crippen LogP contribution in [-0.2, 0) is 6.42 Å². The third kappa shape index (κ3) is 3.63. The van der Waals surface area contributed by atoms with Gasteiger partial charge in [0.05, 0.1) is 20.3 Å². The Morgan fingerprint density at radius 3 is 2.43 bits per heavy atom. The van der Waals surface area contributed by atoms with Crippen LogP contribution < -0.4 is 9.47 Å². The first-order chi connectivity index (χ1) is 14.5. The summed E-state index contributed by atoms with van der Waals surface area (Å²) in [5.74, 6) is 1.35. The molecule has 5 heteroatoms. The highest BCUT2D eigenvalue weighted by atomic mass is 35.5. The van der Waals surface area contributed by atoms with Crippen molar-refractivity contribution >= 4 is 17.5 Å². The molecule has 1 unspecified atom stereocenters. The second-order valence-electron chi connectivity index (χ2n) is 7.43. The van der Waals surface area contributed by atoms with E-state index in [1.807, 2.05) is 72.5 Å². The van der Waals surface area contributed by atoms with Crippen molar-refractivity contribution in [1.29, 1.82) is 0 Å². The van der Waals surface area contributed by atoms with Crippen LogP contribution in [0.15, 0.2) is 60.7 Å². The molecule has 1 aliphatic rings. The molecule has 0 saturated heterocycles. The molecule has 0 radical (unpaired) electrons. The second-order valence-corrected chi connectivity index (χ2v) is 7.86. The summed E-state index contributed by atoms with van der Waals surface area (Å²) in [7, 11) is 3.26. The number of benzene rings is 3. The molecular weight excluding hydrogens is 398 g/mol. The van der Waals surface area contributed by atoms with Crippen LogP contribution in [0.3, 0.4) is 0 Å². The van der Waals surface area contributed by atoms with Gasteiger partial charge in [-0.05, 0) is 65.9 Å². The van der Waals surface area contributed by atoms with Gasteiger partial charge in [0.25, 0.3) is 5.91 Å². The molecule has 0 spiro atoms. The van der Waals surface area contributed by atoms with Gasteiger partial charge in [-0.25, -0.2) is 0 Å². The predicted molar refractivity (Wildman–Crippen MR) is 119 cm³/mol. The third-order valence-corrected chi connectivity index (χ3v) is 5.91. The van der Waals surface area contributed by atoms with Crippen LogP contribution in [0.4, 0.5) is 0 Å². The molecule has 0 aromatic heterocycles. The molecule has 0 fully saturated rings. The fourth-order valence-corrected chi connectivity index (χ4v) is 4.37. The van der Waals surface area contributed by atoms with E-state index in [4.69, 9.17) is 21.1 Å². The van der Waals surface area contributed by atoms with Gasteiger partial charge in [-0.3, -0.25) is 4.79 Å². The lowest BCUT2D eigenvalue weighted by molar-refractivity contribution is 0.0693. The van der Waals surface area contributed by atoms with Crippen LogP contribution in [0.2, 0.25) is 5.02 Å². The van der Waals surface area contributed by atoms with Gasteiger partial charge in [0.2, 0.25) is 0 Å². The third-order valence-electron chi connectivity index (χ3n) is 5.67. The van der Waals surface area contributed by atoms with E-state index in [1.54, 1.807) is 14.2 Å². The smallest absolute Gasteiger partial charge is 0.254 e. The van der Waals surface area contributed by atoms with Crippen molar-refractivity contribution in [3.63, 3.8) is 0 Å². The number of hydrogen-bond donors (Lipinski definition) is 0. The molecular formula is C25H24ClNO3. The van der Waals surface area contributed by atoms with E-state index < -0.39 is 0 Å². The fourth-order valence-electron chi connectivity index (χ4n) is 4.17. The molecule has 0 N–H and O–H groups in total. The molecule has 154 valence electrons. The lowest BCUT2D eigenvalue weighted by atomic mass is 9.87. The Hall–Kier alpha value is -2.98. The maximum absolute atomic E-state index is 13.6. The van der Waals surface area contributed by atoms with Crippen LogP contribution in [0.1, 0.15) is 38.7 Å². The normalized spacial score (nSPS) is 15.5. The maximum atomic E-state index is 13.6. The zero-order chi connectivity index (χ0) is 21.3. The minimum atomic E-state index is -0.264. The summed E-state index contributed by atoms with van der Waals surface area (Å²) in [6, 6.07) is 19.1. The first kappa shape index (κ1) is 20.3. The van der Waals surface area contributed by atoms with Crippen molar-refractivity contribution in [2.24, 2.45) is 0 Å². The van der Waals surface area contributed by atoms with Crippen molar-refractivity contribution in [2.75, 3.05) is 20.8 Å². The van der Waals surface area contributed by atoms with E-state index in [9.17, 15) is 4.79 Å². The van der Waals surface area contributed by atoms with Gasteiger partial charge in [0, 0.05) is 17.1 Å². The minimum absolute atomic E-state index is 0.0125. The molecule has 3 aromatic carbocycles. The summed E-state index contributed by atoms with van der Waals surface area (Å²) in [5.41, 5.74) is 4.83. The van der Waals surface area contributed by atoms with E-state index in [0.29, 0.717) is 28.6 Å². The zero-order valence-electron chi connectivity index (χ0n) is 17.3. The van der Waals surface area contributed by atoms with E-state index >= 15 is 0 Å². The van der Waals surface area contributed by atoms with E-state index in [-0.39, 0.29) is 11.9 Å². The Morgan fingerprint density at radius 1 is 1.00 bits per heavy atom. The van der Waals surface area contributed by atoms with Gasteiger partial charge in [0.15, 0.2) is 11.5 Å². The molecule has 1 atom stereocenters. The van der Waals surface area contributed by atoms with Crippen molar-refractivity contribution < 1.29 is 14.3 Å². The van der Waals surface area contributed by atoms with Crippen LogP contribution in [-0.4, -0.2) is 31.6 Å². The Labute approximate surface area is 182 Å². The molecule has 0 bridgehead atoms. The van der Waals surface area contributed by atoms with Gasteiger partial charge < -0.3 is 14.4 Å². The van der Waals surface area contributed by atoms with Crippen molar-refractivity contribution in [3.05, 3.63) is 93.5 Å². The zero-order valence-corrected chi connectivity index (χ0v) is 18.1. The van der Waals surface area contributed by atoms with Crippen molar-refractivity contribution in [2.45, 2.75) is 19.4 Å². The number of fused-ring (bicyclic) bond motifs is 1. The highest BCUT2D eigenvalue weighted by Gasteiger charge is 2.34. The number of carbonyl (C=O) groups excluding carboxylic acids is 1. The largest absolute Gasteiger partial charge is 0.493 e. The van der Waals surface area contributed by atoms with Crippen LogP contribution in [0.5, 0.6) is 11.5 Å². The van der Waals surface area contributed by atoms with E-state index in [0.717, 1.165) is 28.7 Å². The Kier molecular flexibility index (Phi) is 5.69. The number of halogens is 1. The maximum Gasteiger partial charge on any atom is 0.254 e. The predicted octanol–water partition coefficient (Wildman–Crippen LogP) is 5.45. The summed E-state index contributed by atoms with van der Waals surface area (Å²) in [4.78, 5) is 15.5. The lowest BCUT2D eigenvalue weighted by Crippen LogP contribution is -2.41. The minimum Gasteiger partial charge on any atom is -0.493 e. The van der Waals surface area contributed by atoms with Gasteiger partial charge in [0.1, 0.15) is 0 Å². The molecule has 0 aliphatic carbocycles. The molecule has 3 aromatic rings. The Bertz CT molecular complexity index is 1100. The number of hydrogen-bond acceptors (Lipinski definition) is 3. The summed E-state index contributed by atoms with van der Waals surface area (Å²) in [5, 5.41) is 0.642. The Morgan fingerprint density at radius 2 is 1.73 bits per heavy atom. The van der Waals surface area contributed by atoms with Crippen LogP contribution in [0.25, 0.3) is 0 Å². The number of ether oxygens (including phenoxy) is 2. The topological polar surface area (TPSA) is 38.8 Å².